The minimum absolute atomic E-state index is 0.164. The molecule has 0 aliphatic carbocycles. The Hall–Kier alpha value is -3.84. The fraction of sp³-hybridized carbons (Fsp3) is 0.125. The number of hydrogen-bond donors (Lipinski definition) is 2. The number of nitrogens with one attached hydrogen (secondary N) is 1. The number of pyridine rings is 1. The van der Waals surface area contributed by atoms with Crippen molar-refractivity contribution < 1.29 is 13.7 Å². The molecule has 0 fully saturated rings. The van der Waals surface area contributed by atoms with Crippen LogP contribution in [0.25, 0.3) is 22.4 Å². The number of nitrogens with zero attached hydrogens (tertiary/aromatic N) is 2. The number of aromatic nitrogens is 2. The zero-order chi connectivity index (χ0) is 21.6. The lowest BCUT2D eigenvalue weighted by atomic mass is 9.99. The molecule has 0 saturated heterocycles. The quantitative estimate of drug-likeness (QED) is 0.460. The van der Waals surface area contributed by atoms with Crippen LogP contribution in [0.2, 0.25) is 0 Å². The highest BCUT2D eigenvalue weighted by atomic mass is 19.1. The Morgan fingerprint density at radius 3 is 2.55 bits per heavy atom. The number of rotatable bonds is 7. The van der Waals surface area contributed by atoms with Crippen LogP contribution in [0.3, 0.4) is 0 Å². The molecule has 0 radical (unpaired) electrons. The monoisotopic (exact) mass is 416 g/mol. The summed E-state index contributed by atoms with van der Waals surface area (Å²) in [5.74, 6) is -0.516. The van der Waals surface area contributed by atoms with Crippen molar-refractivity contribution >= 4 is 11.8 Å². The predicted molar refractivity (Wildman–Crippen MR) is 116 cm³/mol. The number of halogens is 1. The molecule has 4 aromatic rings. The van der Waals surface area contributed by atoms with Gasteiger partial charge in [-0.1, -0.05) is 41.6 Å². The van der Waals surface area contributed by atoms with Crippen molar-refractivity contribution in [2.24, 2.45) is 5.73 Å². The molecule has 0 aliphatic rings. The summed E-state index contributed by atoms with van der Waals surface area (Å²) in [6.07, 6.45) is 4.08. The number of benzene rings is 2. The van der Waals surface area contributed by atoms with Gasteiger partial charge in [0.05, 0.1) is 5.56 Å². The van der Waals surface area contributed by atoms with Crippen LogP contribution in [0.4, 0.5) is 10.3 Å². The van der Waals surface area contributed by atoms with Crippen molar-refractivity contribution in [1.29, 1.82) is 0 Å². The van der Waals surface area contributed by atoms with Gasteiger partial charge in [-0.2, -0.15) is 0 Å². The van der Waals surface area contributed by atoms with Crippen LogP contribution in [0.15, 0.2) is 77.6 Å². The molecule has 2 aromatic carbocycles. The lowest BCUT2D eigenvalue weighted by Crippen LogP contribution is -2.12. The van der Waals surface area contributed by atoms with E-state index in [1.807, 2.05) is 30.3 Å². The molecule has 6 nitrogen and oxygen atoms in total. The average Bonchev–Trinajstić information content (AvgIpc) is 3.22. The van der Waals surface area contributed by atoms with Crippen molar-refractivity contribution in [2.45, 2.75) is 19.4 Å². The Morgan fingerprint density at radius 1 is 1.03 bits per heavy atom. The van der Waals surface area contributed by atoms with Gasteiger partial charge in [0.15, 0.2) is 0 Å². The average molecular weight is 416 g/mol. The number of anilines is 1. The SMILES string of the molecule is NCc1ccc(F)c(-c2noc(NC(=O)CCc3ccccc3)c2-c2ccncc2)c1. The number of hydrogen-bond acceptors (Lipinski definition) is 5. The number of carbonyl (C=O) groups is 1. The molecule has 0 bridgehead atoms. The zero-order valence-corrected chi connectivity index (χ0v) is 16.7. The van der Waals surface area contributed by atoms with Gasteiger partial charge in [0.2, 0.25) is 11.8 Å². The van der Waals surface area contributed by atoms with Crippen LogP contribution in [0.1, 0.15) is 17.5 Å². The van der Waals surface area contributed by atoms with Gasteiger partial charge in [-0.3, -0.25) is 15.1 Å². The minimum Gasteiger partial charge on any atom is -0.337 e. The van der Waals surface area contributed by atoms with E-state index in [-0.39, 0.29) is 36.0 Å². The second-order valence-corrected chi connectivity index (χ2v) is 7.02. The summed E-state index contributed by atoms with van der Waals surface area (Å²) in [7, 11) is 0. The first-order valence-electron chi connectivity index (χ1n) is 9.88. The van der Waals surface area contributed by atoms with Crippen LogP contribution in [0, 0.1) is 5.82 Å². The Kier molecular flexibility index (Phi) is 6.14. The van der Waals surface area contributed by atoms with E-state index in [9.17, 15) is 9.18 Å². The molecule has 0 saturated carbocycles. The standard InChI is InChI=1S/C24H21FN4O2/c25-20-8-6-17(15-26)14-19(20)23-22(18-10-12-27-13-11-18)24(31-29-23)28-21(30)9-7-16-4-2-1-3-5-16/h1-6,8,10-14H,7,9,15,26H2,(H,28,30). The van der Waals surface area contributed by atoms with Crippen molar-refractivity contribution in [3.05, 3.63) is 90.0 Å². The fourth-order valence-electron chi connectivity index (χ4n) is 3.32. The maximum Gasteiger partial charge on any atom is 0.239 e. The van der Waals surface area contributed by atoms with Crippen molar-refractivity contribution in [2.75, 3.05) is 5.32 Å². The molecule has 2 aromatic heterocycles. The summed E-state index contributed by atoms with van der Waals surface area (Å²) in [6.45, 7) is 0.263. The molecule has 7 heteroatoms. The smallest absolute Gasteiger partial charge is 0.239 e. The van der Waals surface area contributed by atoms with E-state index in [0.29, 0.717) is 17.5 Å². The second-order valence-electron chi connectivity index (χ2n) is 7.02. The van der Waals surface area contributed by atoms with E-state index < -0.39 is 5.82 Å². The summed E-state index contributed by atoms with van der Waals surface area (Å²) in [6, 6.07) is 17.8. The Bertz CT molecular complexity index is 1180. The van der Waals surface area contributed by atoms with Crippen molar-refractivity contribution in [3.8, 4) is 22.4 Å². The van der Waals surface area contributed by atoms with Crippen molar-refractivity contribution in [1.82, 2.24) is 10.1 Å². The van der Waals surface area contributed by atoms with Gasteiger partial charge in [-0.05, 0) is 47.4 Å². The molecule has 31 heavy (non-hydrogen) atoms. The predicted octanol–water partition coefficient (Wildman–Crippen LogP) is 4.57. The topological polar surface area (TPSA) is 94.0 Å². The van der Waals surface area contributed by atoms with Crippen LogP contribution in [-0.2, 0) is 17.8 Å². The van der Waals surface area contributed by atoms with Gasteiger partial charge in [-0.25, -0.2) is 4.39 Å². The third-order valence-electron chi connectivity index (χ3n) is 4.92. The Balaban J connectivity index is 1.66. The molecule has 1 amide bonds. The van der Waals surface area contributed by atoms with E-state index >= 15 is 0 Å². The number of amides is 1. The first-order chi connectivity index (χ1) is 15.2. The molecular formula is C24H21FN4O2. The Labute approximate surface area is 178 Å². The maximum absolute atomic E-state index is 14.6. The Morgan fingerprint density at radius 2 is 1.81 bits per heavy atom. The molecule has 156 valence electrons. The normalized spacial score (nSPS) is 10.8. The molecule has 2 heterocycles. The summed E-state index contributed by atoms with van der Waals surface area (Å²) < 4.78 is 20.1. The van der Waals surface area contributed by atoms with Crippen LogP contribution >= 0.6 is 0 Å². The lowest BCUT2D eigenvalue weighted by Gasteiger charge is -2.08. The van der Waals surface area contributed by atoms with Crippen LogP contribution in [-0.4, -0.2) is 16.0 Å². The van der Waals surface area contributed by atoms with E-state index in [2.05, 4.69) is 15.5 Å². The first-order valence-corrected chi connectivity index (χ1v) is 9.88. The molecule has 0 unspecified atom stereocenters. The number of nitrogens with two attached hydrogens (primary N) is 1. The third-order valence-corrected chi connectivity index (χ3v) is 4.92. The van der Waals surface area contributed by atoms with Gasteiger partial charge in [0.25, 0.3) is 0 Å². The van der Waals surface area contributed by atoms with Gasteiger partial charge in [0.1, 0.15) is 11.5 Å². The first kappa shape index (κ1) is 20.4. The van der Waals surface area contributed by atoms with Crippen LogP contribution < -0.4 is 11.1 Å². The molecule has 0 aliphatic heterocycles. The molecule has 0 spiro atoms. The zero-order valence-electron chi connectivity index (χ0n) is 16.7. The van der Waals surface area contributed by atoms with E-state index in [1.54, 1.807) is 36.7 Å². The highest BCUT2D eigenvalue weighted by Gasteiger charge is 2.23. The van der Waals surface area contributed by atoms with Crippen LogP contribution in [0.5, 0.6) is 0 Å². The molecule has 3 N–H and O–H groups in total. The van der Waals surface area contributed by atoms with Crippen molar-refractivity contribution in [3.63, 3.8) is 0 Å². The maximum atomic E-state index is 14.6. The highest BCUT2D eigenvalue weighted by Crippen LogP contribution is 2.38. The lowest BCUT2D eigenvalue weighted by molar-refractivity contribution is -0.116. The largest absolute Gasteiger partial charge is 0.337 e. The molecular weight excluding hydrogens is 395 g/mol. The van der Waals surface area contributed by atoms with Gasteiger partial charge in [-0.15, -0.1) is 0 Å². The summed E-state index contributed by atoms with van der Waals surface area (Å²) in [4.78, 5) is 16.6. The number of aryl methyl sites for hydroxylation is 1. The summed E-state index contributed by atoms with van der Waals surface area (Å²) >= 11 is 0. The second kappa shape index (κ2) is 9.32. The van der Waals surface area contributed by atoms with Gasteiger partial charge < -0.3 is 10.3 Å². The fourth-order valence-corrected chi connectivity index (χ4v) is 3.32. The minimum atomic E-state index is -0.456. The van der Waals surface area contributed by atoms with E-state index in [1.165, 1.54) is 6.07 Å². The molecule has 4 rings (SSSR count). The molecule has 0 atom stereocenters. The van der Waals surface area contributed by atoms with E-state index in [0.717, 1.165) is 11.1 Å². The summed E-state index contributed by atoms with van der Waals surface area (Å²) in [5.41, 5.74) is 9.26. The summed E-state index contributed by atoms with van der Waals surface area (Å²) in [5, 5.41) is 6.86. The van der Waals surface area contributed by atoms with E-state index in [4.69, 9.17) is 10.3 Å². The van der Waals surface area contributed by atoms with Gasteiger partial charge in [0, 0.05) is 30.9 Å². The highest BCUT2D eigenvalue weighted by molar-refractivity contribution is 5.97. The van der Waals surface area contributed by atoms with Gasteiger partial charge >= 0.3 is 0 Å². The number of carbonyl (C=O) groups excluding carboxylic acids is 1. The third kappa shape index (κ3) is 4.67.